The minimum Gasteiger partial charge on any atom is -0.336 e. The van der Waals surface area contributed by atoms with Gasteiger partial charge in [0.25, 0.3) is 5.56 Å². The SMILES string of the molecule is O=c1cc([C@H]2C[C@H]3C=C[C@H]2C3)[nH]c(=S)[nH]1. The van der Waals surface area contributed by atoms with Crippen LogP contribution in [0, 0.1) is 16.6 Å². The lowest BCUT2D eigenvalue weighted by Gasteiger charge is -2.17. The van der Waals surface area contributed by atoms with Gasteiger partial charge in [-0.15, -0.1) is 0 Å². The molecule has 0 amide bonds. The van der Waals surface area contributed by atoms with Crippen molar-refractivity contribution in [2.45, 2.75) is 18.8 Å². The van der Waals surface area contributed by atoms with Crippen molar-refractivity contribution in [2.75, 3.05) is 0 Å². The molecule has 2 N–H and O–H groups in total. The molecule has 1 heterocycles. The molecule has 3 nitrogen and oxygen atoms in total. The third kappa shape index (κ3) is 1.49. The molecule has 2 aliphatic rings. The van der Waals surface area contributed by atoms with Crippen molar-refractivity contribution in [1.82, 2.24) is 9.97 Å². The molecule has 2 aliphatic carbocycles. The van der Waals surface area contributed by atoms with Gasteiger partial charge in [-0.2, -0.15) is 0 Å². The first-order chi connectivity index (χ1) is 7.22. The molecule has 4 heteroatoms. The first-order valence-electron chi connectivity index (χ1n) is 5.24. The predicted molar refractivity (Wildman–Crippen MR) is 60.3 cm³/mol. The van der Waals surface area contributed by atoms with Crippen LogP contribution in [-0.2, 0) is 0 Å². The van der Waals surface area contributed by atoms with E-state index in [1.807, 2.05) is 0 Å². The van der Waals surface area contributed by atoms with Crippen molar-refractivity contribution < 1.29 is 0 Å². The highest BCUT2D eigenvalue weighted by molar-refractivity contribution is 7.71. The number of fused-ring (bicyclic) bond motifs is 2. The monoisotopic (exact) mass is 220 g/mol. The molecule has 2 bridgehead atoms. The fourth-order valence-corrected chi connectivity index (χ4v) is 3.04. The maximum atomic E-state index is 11.3. The fourth-order valence-electron chi connectivity index (χ4n) is 2.83. The first-order valence-corrected chi connectivity index (χ1v) is 5.65. The Balaban J connectivity index is 2.03. The topological polar surface area (TPSA) is 48.6 Å². The molecule has 1 saturated carbocycles. The Morgan fingerprint density at radius 3 is 2.73 bits per heavy atom. The number of hydrogen-bond donors (Lipinski definition) is 2. The zero-order valence-electron chi connectivity index (χ0n) is 8.19. The highest BCUT2D eigenvalue weighted by Gasteiger charge is 2.36. The van der Waals surface area contributed by atoms with Gasteiger partial charge in [-0.1, -0.05) is 12.2 Å². The Labute approximate surface area is 92.2 Å². The Morgan fingerprint density at radius 1 is 1.27 bits per heavy atom. The van der Waals surface area contributed by atoms with E-state index in [1.165, 1.54) is 6.42 Å². The maximum Gasteiger partial charge on any atom is 0.251 e. The molecule has 78 valence electrons. The van der Waals surface area contributed by atoms with Crippen molar-refractivity contribution in [2.24, 2.45) is 11.8 Å². The van der Waals surface area contributed by atoms with Crippen LogP contribution in [0.3, 0.4) is 0 Å². The molecule has 1 fully saturated rings. The lowest BCUT2D eigenvalue weighted by atomic mass is 9.90. The summed E-state index contributed by atoms with van der Waals surface area (Å²) in [5, 5.41) is 0. The molecule has 0 unspecified atom stereocenters. The highest BCUT2D eigenvalue weighted by atomic mass is 32.1. The quantitative estimate of drug-likeness (QED) is 0.562. The largest absolute Gasteiger partial charge is 0.336 e. The summed E-state index contributed by atoms with van der Waals surface area (Å²) in [4.78, 5) is 17.0. The standard InChI is InChI=1S/C11H12N2OS/c14-10-5-9(12-11(15)13-10)8-4-6-1-2-7(8)3-6/h1-2,5-8H,3-4H2,(H2,12,13,14,15)/t6-,7-,8-/m0/s1. The van der Waals surface area contributed by atoms with Crippen molar-refractivity contribution in [3.05, 3.63) is 39.0 Å². The second kappa shape index (κ2) is 3.17. The van der Waals surface area contributed by atoms with E-state index in [9.17, 15) is 4.79 Å². The Hall–Kier alpha value is -1.16. The second-order valence-corrected chi connectivity index (χ2v) is 4.84. The molecule has 1 aromatic rings. The molecule has 0 saturated heterocycles. The molecule has 3 atom stereocenters. The van der Waals surface area contributed by atoms with E-state index >= 15 is 0 Å². The van der Waals surface area contributed by atoms with Crippen LogP contribution in [-0.4, -0.2) is 9.97 Å². The number of allylic oxidation sites excluding steroid dienone is 2. The molecular weight excluding hydrogens is 208 g/mol. The van der Waals surface area contributed by atoms with E-state index in [-0.39, 0.29) is 5.56 Å². The minimum absolute atomic E-state index is 0.0968. The predicted octanol–water partition coefficient (Wildman–Crippen LogP) is 2.11. The van der Waals surface area contributed by atoms with Crippen LogP contribution in [0.5, 0.6) is 0 Å². The Bertz CT molecular complexity index is 500. The lowest BCUT2D eigenvalue weighted by molar-refractivity contribution is 0.567. The smallest absolute Gasteiger partial charge is 0.251 e. The summed E-state index contributed by atoms with van der Waals surface area (Å²) in [5.74, 6) is 1.77. The number of H-pyrrole nitrogens is 2. The van der Waals surface area contributed by atoms with E-state index in [1.54, 1.807) is 6.07 Å². The molecule has 0 aliphatic heterocycles. The van der Waals surface area contributed by atoms with Gasteiger partial charge in [0.15, 0.2) is 4.77 Å². The normalized spacial score (nSPS) is 32.4. The summed E-state index contributed by atoms with van der Waals surface area (Å²) in [7, 11) is 0. The van der Waals surface area contributed by atoms with Gasteiger partial charge in [-0.25, -0.2) is 0 Å². The number of rotatable bonds is 1. The summed E-state index contributed by atoms with van der Waals surface area (Å²) in [6.07, 6.45) is 6.95. The average Bonchev–Trinajstić information content (AvgIpc) is 2.76. The lowest BCUT2D eigenvalue weighted by Crippen LogP contribution is -2.14. The Kier molecular flexibility index (Phi) is 1.92. The average molecular weight is 220 g/mol. The van der Waals surface area contributed by atoms with Gasteiger partial charge in [-0.3, -0.25) is 9.78 Å². The molecule has 1 aromatic heterocycles. The van der Waals surface area contributed by atoms with Crippen LogP contribution >= 0.6 is 12.2 Å². The number of aromatic nitrogens is 2. The summed E-state index contributed by atoms with van der Waals surface area (Å²) in [6, 6.07) is 1.65. The molecular formula is C11H12N2OS. The van der Waals surface area contributed by atoms with E-state index in [4.69, 9.17) is 12.2 Å². The van der Waals surface area contributed by atoms with Crippen molar-refractivity contribution in [3.8, 4) is 0 Å². The van der Waals surface area contributed by atoms with Crippen LogP contribution in [0.15, 0.2) is 23.0 Å². The van der Waals surface area contributed by atoms with Crippen LogP contribution in [0.2, 0.25) is 0 Å². The minimum atomic E-state index is -0.0968. The van der Waals surface area contributed by atoms with Gasteiger partial charge < -0.3 is 4.98 Å². The van der Waals surface area contributed by atoms with E-state index in [0.29, 0.717) is 22.5 Å². The molecule has 3 rings (SSSR count). The van der Waals surface area contributed by atoms with Gasteiger partial charge in [-0.05, 0) is 36.9 Å². The number of hydrogen-bond acceptors (Lipinski definition) is 2. The molecule has 15 heavy (non-hydrogen) atoms. The summed E-state index contributed by atoms with van der Waals surface area (Å²) in [5.41, 5.74) is 0.904. The molecule has 0 spiro atoms. The Morgan fingerprint density at radius 2 is 2.13 bits per heavy atom. The zero-order chi connectivity index (χ0) is 10.4. The van der Waals surface area contributed by atoms with Crippen LogP contribution in [0.25, 0.3) is 0 Å². The van der Waals surface area contributed by atoms with E-state index < -0.39 is 0 Å². The number of nitrogens with one attached hydrogen (secondary N) is 2. The van der Waals surface area contributed by atoms with Gasteiger partial charge in [0, 0.05) is 17.7 Å². The fraction of sp³-hybridized carbons (Fsp3) is 0.455. The van der Waals surface area contributed by atoms with Crippen LogP contribution in [0.4, 0.5) is 0 Å². The molecule has 0 aromatic carbocycles. The summed E-state index contributed by atoms with van der Waals surface area (Å²) < 4.78 is 0.434. The summed E-state index contributed by atoms with van der Waals surface area (Å²) >= 11 is 4.98. The van der Waals surface area contributed by atoms with Crippen molar-refractivity contribution in [3.63, 3.8) is 0 Å². The third-order valence-corrected chi connectivity index (χ3v) is 3.66. The third-order valence-electron chi connectivity index (χ3n) is 3.46. The summed E-state index contributed by atoms with van der Waals surface area (Å²) in [6.45, 7) is 0. The first kappa shape index (κ1) is 9.09. The maximum absolute atomic E-state index is 11.3. The van der Waals surface area contributed by atoms with Gasteiger partial charge >= 0.3 is 0 Å². The van der Waals surface area contributed by atoms with E-state index in [2.05, 4.69) is 22.1 Å². The number of aromatic amines is 2. The molecule has 0 radical (unpaired) electrons. The van der Waals surface area contributed by atoms with Gasteiger partial charge in [0.1, 0.15) is 0 Å². The van der Waals surface area contributed by atoms with Crippen LogP contribution in [0.1, 0.15) is 24.5 Å². The van der Waals surface area contributed by atoms with Crippen LogP contribution < -0.4 is 5.56 Å². The van der Waals surface area contributed by atoms with Crippen molar-refractivity contribution in [1.29, 1.82) is 0 Å². The highest BCUT2D eigenvalue weighted by Crippen LogP contribution is 2.47. The van der Waals surface area contributed by atoms with Crippen molar-refractivity contribution >= 4 is 12.2 Å². The second-order valence-electron chi connectivity index (χ2n) is 4.43. The van der Waals surface area contributed by atoms with Gasteiger partial charge in [0.05, 0.1) is 0 Å². The van der Waals surface area contributed by atoms with E-state index in [0.717, 1.165) is 12.1 Å². The van der Waals surface area contributed by atoms with Gasteiger partial charge in [0.2, 0.25) is 0 Å². The zero-order valence-corrected chi connectivity index (χ0v) is 9.01.